The number of hydrogen-bond acceptors (Lipinski definition) is 8. The number of fused-ring (bicyclic) bond motifs is 2. The van der Waals surface area contributed by atoms with Crippen molar-refractivity contribution in [1.29, 1.82) is 0 Å². The number of ketones is 1. The highest BCUT2D eigenvalue weighted by atomic mass is 16.3. The maximum absolute atomic E-state index is 13.4. The molecule has 180 valence electrons. The number of aliphatic hydroxyl groups is 1. The number of aromatic amines is 1. The van der Waals surface area contributed by atoms with Gasteiger partial charge in [0.05, 0.1) is 22.7 Å². The van der Waals surface area contributed by atoms with Crippen molar-refractivity contribution < 1.29 is 9.90 Å². The summed E-state index contributed by atoms with van der Waals surface area (Å²) in [6.45, 7) is 4.46. The van der Waals surface area contributed by atoms with Crippen LogP contribution in [-0.2, 0) is 0 Å². The number of β-amino-alcohol motifs (C(OH)–C–C–N with tert-alkyl or cyclic N) is 1. The quantitative estimate of drug-likeness (QED) is 0.377. The van der Waals surface area contributed by atoms with Crippen LogP contribution in [0.3, 0.4) is 0 Å². The van der Waals surface area contributed by atoms with Crippen LogP contribution in [-0.4, -0.2) is 54.6 Å². The molecule has 2 fully saturated rings. The molecule has 1 saturated carbocycles. The Bertz CT molecular complexity index is 1530. The fraction of sp³-hybridized carbons (Fsp3) is 0.400. The Balaban J connectivity index is 1.39. The molecule has 3 aromatic heterocycles. The molecule has 4 heterocycles. The number of carbonyl (C=O) groups excluding carboxylic acids is 1. The number of pyridine rings is 1. The number of aryl methyl sites for hydroxylation is 1. The van der Waals surface area contributed by atoms with Gasteiger partial charge in [-0.15, -0.1) is 0 Å². The van der Waals surface area contributed by atoms with Crippen LogP contribution in [0.1, 0.15) is 54.6 Å². The van der Waals surface area contributed by atoms with Gasteiger partial charge in [-0.3, -0.25) is 19.5 Å². The summed E-state index contributed by atoms with van der Waals surface area (Å²) >= 11 is 0. The molecule has 35 heavy (non-hydrogen) atoms. The SMILES string of the molecule is CC(=O)c1c(C)c2cnc(Nc3nc4cc(N5CC(O)C5)ccc4[nH]3)nc2n(C2CCCC2)c1=O. The van der Waals surface area contributed by atoms with Crippen molar-refractivity contribution >= 4 is 45.4 Å². The highest BCUT2D eigenvalue weighted by Gasteiger charge is 2.26. The molecule has 1 aliphatic carbocycles. The van der Waals surface area contributed by atoms with Crippen LogP contribution in [0, 0.1) is 6.92 Å². The average molecular weight is 474 g/mol. The van der Waals surface area contributed by atoms with Crippen molar-refractivity contribution in [2.24, 2.45) is 0 Å². The van der Waals surface area contributed by atoms with Crippen LogP contribution in [0.15, 0.2) is 29.2 Å². The molecule has 10 nitrogen and oxygen atoms in total. The van der Waals surface area contributed by atoms with Crippen LogP contribution in [0.5, 0.6) is 0 Å². The predicted octanol–water partition coefficient (Wildman–Crippen LogP) is 3.22. The third kappa shape index (κ3) is 3.65. The number of carbonyl (C=O) groups is 1. The van der Waals surface area contributed by atoms with E-state index in [-0.39, 0.29) is 29.1 Å². The van der Waals surface area contributed by atoms with E-state index in [1.165, 1.54) is 6.92 Å². The normalized spacial score (nSPS) is 16.8. The van der Waals surface area contributed by atoms with Gasteiger partial charge in [0.25, 0.3) is 5.56 Å². The Hall–Kier alpha value is -3.79. The number of imidazole rings is 1. The van der Waals surface area contributed by atoms with Crippen LogP contribution < -0.4 is 15.8 Å². The zero-order valence-corrected chi connectivity index (χ0v) is 19.7. The minimum atomic E-state index is -0.274. The van der Waals surface area contributed by atoms with Gasteiger partial charge < -0.3 is 15.0 Å². The first-order chi connectivity index (χ1) is 16.9. The summed E-state index contributed by atoms with van der Waals surface area (Å²) in [5.74, 6) is 0.577. The molecule has 0 radical (unpaired) electrons. The molecule has 1 aliphatic heterocycles. The van der Waals surface area contributed by atoms with Gasteiger partial charge in [0.2, 0.25) is 11.9 Å². The zero-order valence-electron chi connectivity index (χ0n) is 19.7. The van der Waals surface area contributed by atoms with Gasteiger partial charge >= 0.3 is 0 Å². The van der Waals surface area contributed by atoms with E-state index in [1.54, 1.807) is 17.7 Å². The summed E-state index contributed by atoms with van der Waals surface area (Å²) in [4.78, 5) is 44.8. The molecule has 4 aromatic rings. The molecule has 0 atom stereocenters. The molecule has 3 N–H and O–H groups in total. The summed E-state index contributed by atoms with van der Waals surface area (Å²) in [7, 11) is 0. The van der Waals surface area contributed by atoms with E-state index < -0.39 is 0 Å². The Morgan fingerprint density at radius 3 is 2.69 bits per heavy atom. The Morgan fingerprint density at radius 1 is 1.20 bits per heavy atom. The number of nitrogens with zero attached hydrogens (tertiary/aromatic N) is 5. The number of anilines is 3. The molecule has 1 aromatic carbocycles. The lowest BCUT2D eigenvalue weighted by molar-refractivity contribution is 0.101. The van der Waals surface area contributed by atoms with E-state index >= 15 is 0 Å². The van der Waals surface area contributed by atoms with E-state index in [9.17, 15) is 14.7 Å². The topological polar surface area (TPSA) is 129 Å². The van der Waals surface area contributed by atoms with Crippen LogP contribution >= 0.6 is 0 Å². The summed E-state index contributed by atoms with van der Waals surface area (Å²) in [6, 6.07) is 5.96. The minimum absolute atomic E-state index is 0.0242. The standard InChI is InChI=1S/C25H27N7O3/c1-13-18-10-26-24(29-22(18)32(15-5-3-4-6-15)23(35)21(13)14(2)33)30-25-27-19-8-7-16(9-20(19)28-25)31-11-17(34)12-31/h7-10,15,17,34H,3-6,11-12H2,1-2H3,(H2,26,27,28,29,30). The fourth-order valence-electron chi connectivity index (χ4n) is 5.33. The monoisotopic (exact) mass is 473 g/mol. The van der Waals surface area contributed by atoms with Crippen LogP contribution in [0.2, 0.25) is 0 Å². The molecule has 0 amide bonds. The molecule has 2 aliphatic rings. The van der Waals surface area contributed by atoms with E-state index in [2.05, 4.69) is 25.2 Å². The van der Waals surface area contributed by atoms with Crippen molar-refractivity contribution in [3.05, 3.63) is 45.9 Å². The first-order valence-electron chi connectivity index (χ1n) is 12.0. The maximum atomic E-state index is 13.4. The van der Waals surface area contributed by atoms with Gasteiger partial charge in [-0.1, -0.05) is 12.8 Å². The number of nitrogens with one attached hydrogen (secondary N) is 2. The zero-order chi connectivity index (χ0) is 24.3. The second-order valence-corrected chi connectivity index (χ2v) is 9.57. The lowest BCUT2D eigenvalue weighted by Gasteiger charge is -2.37. The Labute approximate surface area is 201 Å². The number of H-pyrrole nitrogens is 1. The first kappa shape index (κ1) is 21.7. The molecule has 10 heteroatoms. The minimum Gasteiger partial charge on any atom is -0.389 e. The first-order valence-corrected chi connectivity index (χ1v) is 12.0. The third-order valence-corrected chi connectivity index (χ3v) is 7.17. The van der Waals surface area contributed by atoms with Crippen molar-refractivity contribution in [2.75, 3.05) is 23.3 Å². The van der Waals surface area contributed by atoms with E-state index in [1.807, 2.05) is 18.2 Å². The van der Waals surface area contributed by atoms with Gasteiger partial charge in [0, 0.05) is 36.4 Å². The lowest BCUT2D eigenvalue weighted by Crippen LogP contribution is -2.50. The van der Waals surface area contributed by atoms with Gasteiger partial charge in [-0.05, 0) is 50.5 Å². The summed E-state index contributed by atoms with van der Waals surface area (Å²) in [6.07, 6.45) is 5.28. The number of aliphatic hydroxyl groups excluding tert-OH is 1. The molecular formula is C25H27N7O3. The van der Waals surface area contributed by atoms with Crippen molar-refractivity contribution in [3.8, 4) is 0 Å². The van der Waals surface area contributed by atoms with Crippen LogP contribution in [0.4, 0.5) is 17.6 Å². The van der Waals surface area contributed by atoms with Crippen molar-refractivity contribution in [1.82, 2.24) is 24.5 Å². The van der Waals surface area contributed by atoms with E-state index in [0.29, 0.717) is 41.6 Å². The lowest BCUT2D eigenvalue weighted by atomic mass is 10.0. The van der Waals surface area contributed by atoms with Crippen molar-refractivity contribution in [2.45, 2.75) is 51.7 Å². The van der Waals surface area contributed by atoms with Gasteiger partial charge in [-0.2, -0.15) is 4.98 Å². The Kier molecular flexibility index (Phi) is 5.06. The van der Waals surface area contributed by atoms with Crippen LogP contribution in [0.25, 0.3) is 22.1 Å². The van der Waals surface area contributed by atoms with E-state index in [4.69, 9.17) is 4.98 Å². The highest BCUT2D eigenvalue weighted by molar-refractivity contribution is 5.99. The molecule has 1 saturated heterocycles. The average Bonchev–Trinajstić information content (AvgIpc) is 3.46. The highest BCUT2D eigenvalue weighted by Crippen LogP contribution is 2.32. The van der Waals surface area contributed by atoms with E-state index in [0.717, 1.165) is 42.4 Å². The van der Waals surface area contributed by atoms with Crippen molar-refractivity contribution in [3.63, 3.8) is 0 Å². The summed E-state index contributed by atoms with van der Waals surface area (Å²) < 4.78 is 1.70. The number of hydrogen-bond donors (Lipinski definition) is 3. The van der Waals surface area contributed by atoms with Gasteiger partial charge in [-0.25, -0.2) is 9.97 Å². The Morgan fingerprint density at radius 2 is 1.97 bits per heavy atom. The van der Waals surface area contributed by atoms with Gasteiger partial charge in [0.1, 0.15) is 5.65 Å². The predicted molar refractivity (Wildman–Crippen MR) is 134 cm³/mol. The van der Waals surface area contributed by atoms with Gasteiger partial charge in [0.15, 0.2) is 5.78 Å². The molecule has 0 bridgehead atoms. The molecule has 6 rings (SSSR count). The maximum Gasteiger partial charge on any atom is 0.263 e. The molecule has 0 unspecified atom stereocenters. The molecule has 0 spiro atoms. The number of aromatic nitrogens is 5. The summed E-state index contributed by atoms with van der Waals surface area (Å²) in [5, 5.41) is 13.4. The second-order valence-electron chi connectivity index (χ2n) is 9.57. The smallest absolute Gasteiger partial charge is 0.263 e. The fourth-order valence-corrected chi connectivity index (χ4v) is 5.33. The number of rotatable bonds is 5. The largest absolute Gasteiger partial charge is 0.389 e. The third-order valence-electron chi connectivity index (χ3n) is 7.17. The second kappa shape index (κ2) is 8.16. The number of Topliss-reactive ketones (excluding diaryl/α,β-unsaturated/α-hetero) is 1. The summed E-state index contributed by atoms with van der Waals surface area (Å²) in [5.41, 5.74) is 3.77. The molecular weight excluding hydrogens is 446 g/mol. The number of benzene rings is 1.